The van der Waals surface area contributed by atoms with E-state index in [0.29, 0.717) is 6.42 Å². The zero-order chi connectivity index (χ0) is 11.8. The van der Waals surface area contributed by atoms with Crippen LogP contribution in [0.3, 0.4) is 0 Å². The van der Waals surface area contributed by atoms with E-state index >= 15 is 0 Å². The Kier molecular flexibility index (Phi) is 6.08. The van der Waals surface area contributed by atoms with E-state index in [1.165, 1.54) is 11.1 Å². The topological polar surface area (TPSA) is 66.5 Å². The van der Waals surface area contributed by atoms with Gasteiger partial charge in [-0.2, -0.15) is 0 Å². The number of hydrogen-bond donors (Lipinski definition) is 3. The fraction of sp³-hybridized carbons (Fsp3) is 0.538. The number of benzene rings is 1. The van der Waals surface area contributed by atoms with Crippen molar-refractivity contribution in [1.29, 1.82) is 0 Å². The summed E-state index contributed by atoms with van der Waals surface area (Å²) in [6.45, 7) is 0.370. The first-order chi connectivity index (χ1) is 7.77. The molecular formula is C13H21NO2. The van der Waals surface area contributed by atoms with E-state index in [9.17, 15) is 0 Å². The van der Waals surface area contributed by atoms with Crippen LogP contribution in [-0.4, -0.2) is 29.5 Å². The summed E-state index contributed by atoms with van der Waals surface area (Å²) in [6.07, 6.45) is 3.09. The number of aliphatic hydroxyl groups excluding tert-OH is 2. The summed E-state index contributed by atoms with van der Waals surface area (Å²) >= 11 is 0. The standard InChI is InChI=1S/C13H21NO2/c14-13(6-3-8-15)10-12-5-2-1-4-11(12)7-9-16/h1-2,4-5,13,15-16H,3,6-10,14H2/t13-/m0/s1. The van der Waals surface area contributed by atoms with E-state index in [4.69, 9.17) is 15.9 Å². The van der Waals surface area contributed by atoms with E-state index < -0.39 is 0 Å². The second-order valence-corrected chi connectivity index (χ2v) is 4.07. The third-order valence-corrected chi connectivity index (χ3v) is 2.71. The average Bonchev–Trinajstić information content (AvgIpc) is 2.29. The molecule has 1 aromatic rings. The molecular weight excluding hydrogens is 202 g/mol. The van der Waals surface area contributed by atoms with E-state index in [-0.39, 0.29) is 19.3 Å². The summed E-state index contributed by atoms with van der Waals surface area (Å²) in [5, 5.41) is 17.7. The van der Waals surface area contributed by atoms with Crippen molar-refractivity contribution in [3.63, 3.8) is 0 Å². The molecule has 0 saturated carbocycles. The van der Waals surface area contributed by atoms with Crippen LogP contribution in [0.2, 0.25) is 0 Å². The first-order valence-electron chi connectivity index (χ1n) is 5.82. The molecule has 0 bridgehead atoms. The highest BCUT2D eigenvalue weighted by atomic mass is 16.3. The first kappa shape index (κ1) is 13.2. The van der Waals surface area contributed by atoms with Crippen LogP contribution in [0.1, 0.15) is 24.0 Å². The van der Waals surface area contributed by atoms with Gasteiger partial charge in [-0.05, 0) is 36.8 Å². The molecule has 0 saturated heterocycles. The Balaban J connectivity index is 2.57. The molecule has 90 valence electrons. The third kappa shape index (κ3) is 4.31. The fourth-order valence-electron chi connectivity index (χ4n) is 1.86. The Labute approximate surface area is 96.9 Å². The summed E-state index contributed by atoms with van der Waals surface area (Å²) in [7, 11) is 0. The van der Waals surface area contributed by atoms with Crippen molar-refractivity contribution in [3.8, 4) is 0 Å². The molecule has 0 amide bonds. The van der Waals surface area contributed by atoms with Crippen molar-refractivity contribution in [2.45, 2.75) is 31.7 Å². The Morgan fingerprint density at radius 3 is 2.38 bits per heavy atom. The van der Waals surface area contributed by atoms with Gasteiger partial charge in [0.25, 0.3) is 0 Å². The van der Waals surface area contributed by atoms with Gasteiger partial charge in [-0.25, -0.2) is 0 Å². The third-order valence-electron chi connectivity index (χ3n) is 2.71. The first-order valence-corrected chi connectivity index (χ1v) is 5.82. The maximum atomic E-state index is 8.96. The average molecular weight is 223 g/mol. The minimum atomic E-state index is 0.0898. The fourth-order valence-corrected chi connectivity index (χ4v) is 1.86. The zero-order valence-corrected chi connectivity index (χ0v) is 9.60. The second kappa shape index (κ2) is 7.39. The van der Waals surface area contributed by atoms with E-state index in [1.54, 1.807) is 0 Å². The largest absolute Gasteiger partial charge is 0.396 e. The molecule has 0 unspecified atom stereocenters. The minimum Gasteiger partial charge on any atom is -0.396 e. The van der Waals surface area contributed by atoms with Crippen molar-refractivity contribution >= 4 is 0 Å². The number of rotatable bonds is 7. The lowest BCUT2D eigenvalue weighted by Gasteiger charge is -2.14. The van der Waals surface area contributed by atoms with Crippen LogP contribution in [0.15, 0.2) is 24.3 Å². The number of nitrogens with two attached hydrogens (primary N) is 1. The van der Waals surface area contributed by atoms with Crippen LogP contribution in [0.4, 0.5) is 0 Å². The lowest BCUT2D eigenvalue weighted by atomic mass is 9.97. The van der Waals surface area contributed by atoms with Crippen LogP contribution in [0, 0.1) is 0 Å². The van der Waals surface area contributed by atoms with Crippen LogP contribution in [0.25, 0.3) is 0 Å². The Bertz CT molecular complexity index is 302. The van der Waals surface area contributed by atoms with Gasteiger partial charge in [0.05, 0.1) is 0 Å². The molecule has 16 heavy (non-hydrogen) atoms. The monoisotopic (exact) mass is 223 g/mol. The number of aliphatic hydroxyl groups is 2. The van der Waals surface area contributed by atoms with Gasteiger partial charge in [-0.3, -0.25) is 0 Å². The summed E-state index contributed by atoms with van der Waals surface area (Å²) in [5.41, 5.74) is 8.36. The van der Waals surface area contributed by atoms with Crippen molar-refractivity contribution < 1.29 is 10.2 Å². The van der Waals surface area contributed by atoms with Gasteiger partial charge in [-0.15, -0.1) is 0 Å². The molecule has 0 aliphatic heterocycles. The van der Waals surface area contributed by atoms with Crippen LogP contribution in [-0.2, 0) is 12.8 Å². The maximum absolute atomic E-state index is 8.96. The summed E-state index contributed by atoms with van der Waals surface area (Å²) in [5.74, 6) is 0. The highest BCUT2D eigenvalue weighted by Crippen LogP contribution is 2.12. The number of hydrogen-bond acceptors (Lipinski definition) is 3. The van der Waals surface area contributed by atoms with Crippen molar-refractivity contribution in [1.82, 2.24) is 0 Å². The predicted octanol–water partition coefficient (Wildman–Crippen LogP) is 0.864. The Hall–Kier alpha value is -0.900. The summed E-state index contributed by atoms with van der Waals surface area (Å²) in [4.78, 5) is 0. The van der Waals surface area contributed by atoms with Gasteiger partial charge < -0.3 is 15.9 Å². The molecule has 0 spiro atoms. The highest BCUT2D eigenvalue weighted by molar-refractivity contribution is 5.28. The molecule has 0 radical (unpaired) electrons. The highest BCUT2D eigenvalue weighted by Gasteiger charge is 2.07. The zero-order valence-electron chi connectivity index (χ0n) is 9.60. The Morgan fingerprint density at radius 2 is 1.75 bits per heavy atom. The molecule has 3 heteroatoms. The van der Waals surface area contributed by atoms with Gasteiger partial charge in [0, 0.05) is 19.3 Å². The Morgan fingerprint density at radius 1 is 1.06 bits per heavy atom. The molecule has 1 rings (SSSR count). The molecule has 0 aliphatic rings. The van der Waals surface area contributed by atoms with Crippen LogP contribution >= 0.6 is 0 Å². The van der Waals surface area contributed by atoms with Gasteiger partial charge in [0.15, 0.2) is 0 Å². The van der Waals surface area contributed by atoms with E-state index in [2.05, 4.69) is 6.07 Å². The normalized spacial score (nSPS) is 12.7. The summed E-state index contributed by atoms with van der Waals surface area (Å²) in [6, 6.07) is 8.16. The van der Waals surface area contributed by atoms with Gasteiger partial charge >= 0.3 is 0 Å². The molecule has 1 atom stereocenters. The van der Waals surface area contributed by atoms with E-state index in [1.807, 2.05) is 18.2 Å². The van der Waals surface area contributed by atoms with Crippen molar-refractivity contribution in [2.24, 2.45) is 5.73 Å². The second-order valence-electron chi connectivity index (χ2n) is 4.07. The van der Waals surface area contributed by atoms with Crippen molar-refractivity contribution in [2.75, 3.05) is 13.2 Å². The van der Waals surface area contributed by atoms with Crippen LogP contribution in [0.5, 0.6) is 0 Å². The van der Waals surface area contributed by atoms with Gasteiger partial charge in [-0.1, -0.05) is 24.3 Å². The quantitative estimate of drug-likeness (QED) is 0.642. The predicted molar refractivity (Wildman–Crippen MR) is 65.2 cm³/mol. The molecule has 0 aromatic heterocycles. The SMILES string of the molecule is N[C@@H](CCCO)Cc1ccccc1CCO. The van der Waals surface area contributed by atoms with Crippen molar-refractivity contribution in [3.05, 3.63) is 35.4 Å². The molecule has 0 fully saturated rings. The molecule has 3 nitrogen and oxygen atoms in total. The molecule has 0 heterocycles. The maximum Gasteiger partial charge on any atom is 0.0471 e. The molecule has 4 N–H and O–H groups in total. The smallest absolute Gasteiger partial charge is 0.0471 e. The molecule has 1 aromatic carbocycles. The molecule has 0 aliphatic carbocycles. The lowest BCUT2D eigenvalue weighted by Crippen LogP contribution is -2.23. The van der Waals surface area contributed by atoms with Gasteiger partial charge in [0.1, 0.15) is 0 Å². The van der Waals surface area contributed by atoms with E-state index in [0.717, 1.165) is 19.3 Å². The summed E-state index contributed by atoms with van der Waals surface area (Å²) < 4.78 is 0. The van der Waals surface area contributed by atoms with Crippen LogP contribution < -0.4 is 5.73 Å². The minimum absolute atomic E-state index is 0.0898. The van der Waals surface area contributed by atoms with Gasteiger partial charge in [0.2, 0.25) is 0 Å². The lowest BCUT2D eigenvalue weighted by molar-refractivity contribution is 0.279.